The molecule has 564 valence electrons. The number of fused-ring (bicyclic) bond motifs is 3. The van der Waals surface area contributed by atoms with Crippen molar-refractivity contribution in [1.82, 2.24) is 0 Å². The molecule has 4 heterocycles. The molecule has 1 saturated heterocycles. The van der Waals surface area contributed by atoms with Gasteiger partial charge in [0.25, 0.3) is 0 Å². The average Bonchev–Trinajstić information content (AvgIpc) is 1.64. The van der Waals surface area contributed by atoms with Crippen LogP contribution >= 0.6 is 11.6 Å². The SMILES string of the molecule is CCOC(=O)Cc1ccccc1OCc1cc(-c2ccc(F)c(CN)c2F)c2occc2c1.CCOC(=O)Cc1ccccc1OCc1cc(B2OC(C)(C)C(C)(C)O2)c2occc2c1.NCc1c(F)ccc(-c2cc(COc3ccccc3CC(=O)O)cc3ccoc23)c1F.NCc1c(F)ccc(Cl)c1F.[Li+].[OH-]. The molecule has 0 bridgehead atoms. The largest absolute Gasteiger partial charge is 1.00 e. The summed E-state index contributed by atoms with van der Waals surface area (Å²) in [6, 6.07) is 45.6. The van der Waals surface area contributed by atoms with Crippen molar-refractivity contribution in [3.8, 4) is 39.5 Å². The van der Waals surface area contributed by atoms with E-state index in [1.807, 2.05) is 94.4 Å². The van der Waals surface area contributed by atoms with E-state index in [0.29, 0.717) is 76.1 Å². The van der Waals surface area contributed by atoms with Gasteiger partial charge in [-0.3, -0.25) is 14.4 Å². The number of aliphatic carboxylic acids is 1. The quantitative estimate of drug-likeness (QED) is 0.0200. The van der Waals surface area contributed by atoms with Crippen LogP contribution in [-0.4, -0.2) is 60.0 Å². The maximum atomic E-state index is 15.0. The third-order valence-corrected chi connectivity index (χ3v) is 18.1. The topological polar surface area (TPSA) is 284 Å². The molecule has 18 nitrogen and oxygen atoms in total. The first-order valence-electron chi connectivity index (χ1n) is 34.0. The third kappa shape index (κ3) is 20.3. The predicted molar refractivity (Wildman–Crippen MR) is 396 cm³/mol. The summed E-state index contributed by atoms with van der Waals surface area (Å²) in [7, 11) is -0.537. The molecule has 3 aromatic heterocycles. The summed E-state index contributed by atoms with van der Waals surface area (Å²) in [6.45, 7) is 12.2. The van der Waals surface area contributed by atoms with Gasteiger partial charge in [-0.25, -0.2) is 26.3 Å². The van der Waals surface area contributed by atoms with Crippen molar-refractivity contribution in [1.29, 1.82) is 0 Å². The summed E-state index contributed by atoms with van der Waals surface area (Å²) in [6.07, 6.45) is 4.77. The van der Waals surface area contributed by atoms with E-state index >= 15 is 4.39 Å². The number of rotatable bonds is 23. The molecule has 1 aliphatic heterocycles. The molecule has 27 heteroatoms. The van der Waals surface area contributed by atoms with Crippen LogP contribution in [0, 0.1) is 34.9 Å². The Morgan fingerprint density at radius 3 is 1.18 bits per heavy atom. The van der Waals surface area contributed by atoms with Crippen molar-refractivity contribution in [3.63, 3.8) is 0 Å². The maximum Gasteiger partial charge on any atom is 1.00 e. The second kappa shape index (κ2) is 38.2. The third-order valence-electron chi connectivity index (χ3n) is 17.8. The van der Waals surface area contributed by atoms with E-state index in [9.17, 15) is 36.3 Å². The van der Waals surface area contributed by atoms with Crippen molar-refractivity contribution < 1.29 is 116 Å². The molecule has 1 fully saturated rings. The fourth-order valence-electron chi connectivity index (χ4n) is 11.8. The zero-order valence-corrected chi connectivity index (χ0v) is 61.5. The number of para-hydroxylation sites is 3. The minimum absolute atomic E-state index is 0. The Morgan fingerprint density at radius 2 is 0.807 bits per heavy atom. The summed E-state index contributed by atoms with van der Waals surface area (Å²) in [5.74, 6) is -4.16. The summed E-state index contributed by atoms with van der Waals surface area (Å²) < 4.78 is 141. The number of esters is 2. The van der Waals surface area contributed by atoms with Gasteiger partial charge in [0.2, 0.25) is 0 Å². The zero-order valence-electron chi connectivity index (χ0n) is 60.8. The Hall–Kier alpha value is -10.3. The number of carbonyl (C=O) groups is 3. The van der Waals surface area contributed by atoms with Crippen LogP contribution in [0.1, 0.15) is 91.6 Å². The molecule has 0 atom stereocenters. The molecule has 0 aliphatic carbocycles. The minimum Gasteiger partial charge on any atom is -0.870 e. The van der Waals surface area contributed by atoms with Crippen LogP contribution in [0.15, 0.2) is 196 Å². The van der Waals surface area contributed by atoms with Crippen LogP contribution in [-0.2, 0) is 91.9 Å². The van der Waals surface area contributed by atoms with Gasteiger partial charge in [0, 0.05) is 96.9 Å². The van der Waals surface area contributed by atoms with Crippen LogP contribution in [0.4, 0.5) is 26.3 Å². The number of hydrogen-bond acceptors (Lipinski definition) is 17. The molecule has 0 spiro atoms. The molecular weight excluding hydrogens is 1430 g/mol. The van der Waals surface area contributed by atoms with E-state index in [4.69, 9.17) is 80.2 Å². The molecule has 12 aromatic rings. The fraction of sp³-hybridized carbons (Fsp3) is 0.232. The Kier molecular flexibility index (Phi) is 29.5. The number of halogens is 7. The summed E-state index contributed by atoms with van der Waals surface area (Å²) >= 11 is 5.37. The Labute approximate surface area is 641 Å². The smallest absolute Gasteiger partial charge is 0.870 e. The van der Waals surface area contributed by atoms with E-state index in [2.05, 4.69) is 0 Å². The summed E-state index contributed by atoms with van der Waals surface area (Å²) in [5, 5.41) is 11.4. The standard InChI is InChI=1S/C26H23F2NO4.C25H29BO6.C24H19F2NO4.C7H6ClF2N.Li.H2O/c1-2-31-24(30)13-17-5-3-4-6-23(17)33-15-16-11-18-9-10-32-26(18)20(12-16)19-7-8-22(27)21(14-29)25(19)28;1-6-28-22(27)15-18-9-7-8-10-21(18)30-16-17-13-19-11-12-29-23(19)20(14-17)26-31-24(2,3)25(4,5)32-26;25-20-6-5-17(23(26)19(20)12-27)18-10-14(9-16-7-8-30-24(16)18)13-31-21-4-2-1-3-15(21)11-22(28)29;8-5-1-2-6(9)4(3-11)7(5)10;;/h3-12H,2,13-15,29H2,1H3;7-14H,6,15-16H2,1-5H3;1-10H,11-13,27H2,(H,28,29);1-2H,3,11H2;;1H2/q;;;;+1;/p-1. The number of carboxylic acid groups (broad SMARTS) is 1. The molecule has 0 radical (unpaired) electrons. The second-order valence-corrected chi connectivity index (χ2v) is 25.9. The normalized spacial score (nSPS) is 12.5. The van der Waals surface area contributed by atoms with Crippen LogP contribution in [0.25, 0.3) is 55.2 Å². The van der Waals surface area contributed by atoms with Crippen LogP contribution < -0.4 is 55.7 Å². The molecule has 109 heavy (non-hydrogen) atoms. The van der Waals surface area contributed by atoms with Gasteiger partial charge in [0.05, 0.1) is 67.5 Å². The van der Waals surface area contributed by atoms with Crippen LogP contribution in [0.5, 0.6) is 17.2 Å². The van der Waals surface area contributed by atoms with Gasteiger partial charge in [0.15, 0.2) is 0 Å². The monoisotopic (exact) mass is 1510 g/mol. The Morgan fingerprint density at radius 1 is 0.459 bits per heavy atom. The van der Waals surface area contributed by atoms with Crippen molar-refractivity contribution in [2.45, 2.75) is 111 Å². The number of carboxylic acids is 1. The fourth-order valence-corrected chi connectivity index (χ4v) is 11.9. The average molecular weight is 1510 g/mol. The first-order chi connectivity index (χ1) is 51.3. The first kappa shape index (κ1) is 84.3. The molecule has 9 aromatic carbocycles. The van der Waals surface area contributed by atoms with Crippen molar-refractivity contribution in [3.05, 3.63) is 273 Å². The van der Waals surface area contributed by atoms with E-state index in [1.54, 1.807) is 80.8 Å². The molecule has 1 aliphatic rings. The second-order valence-electron chi connectivity index (χ2n) is 25.5. The van der Waals surface area contributed by atoms with Crippen LogP contribution in [0.2, 0.25) is 5.02 Å². The Bertz CT molecular complexity index is 5150. The van der Waals surface area contributed by atoms with Gasteiger partial charge in [-0.1, -0.05) is 72.3 Å². The van der Waals surface area contributed by atoms with Gasteiger partial charge < -0.3 is 74.0 Å². The number of nitrogens with two attached hydrogens (primary N) is 3. The molecule has 0 amide bonds. The molecule has 13 rings (SSSR count). The number of benzene rings is 9. The zero-order chi connectivity index (χ0) is 76.7. The van der Waals surface area contributed by atoms with Gasteiger partial charge in [-0.15, -0.1) is 0 Å². The van der Waals surface area contributed by atoms with E-state index in [-0.39, 0.29) is 121 Å². The molecular formula is C82H78BClF6LiN3O15. The number of furan rings is 3. The van der Waals surface area contributed by atoms with Crippen molar-refractivity contribution in [2.75, 3.05) is 13.2 Å². The van der Waals surface area contributed by atoms with Gasteiger partial charge in [0.1, 0.15) is 88.7 Å². The number of hydrogen-bond donors (Lipinski definition) is 4. The number of ether oxygens (including phenoxy) is 5. The summed E-state index contributed by atoms with van der Waals surface area (Å²) in [5.41, 5.74) is 23.0. The summed E-state index contributed by atoms with van der Waals surface area (Å²) in [4.78, 5) is 34.9. The molecule has 8 N–H and O–H groups in total. The van der Waals surface area contributed by atoms with Crippen LogP contribution in [0.3, 0.4) is 0 Å². The van der Waals surface area contributed by atoms with Gasteiger partial charge in [-0.2, -0.15) is 0 Å². The number of carbonyl (C=O) groups excluding carboxylic acids is 2. The maximum absolute atomic E-state index is 15.0. The molecule has 0 saturated carbocycles. The first-order valence-corrected chi connectivity index (χ1v) is 34.4. The van der Waals surface area contributed by atoms with E-state index < -0.39 is 59.2 Å². The van der Waals surface area contributed by atoms with Gasteiger partial charge in [-0.05, 0) is 161 Å². The predicted octanol–water partition coefficient (Wildman–Crippen LogP) is 13.9. The van der Waals surface area contributed by atoms with E-state index in [1.165, 1.54) is 36.8 Å². The minimum atomic E-state index is -0.958. The van der Waals surface area contributed by atoms with Crippen molar-refractivity contribution in [2.24, 2.45) is 17.2 Å². The Balaban J connectivity index is 0.000000190. The molecule has 0 unspecified atom stereocenters. The van der Waals surface area contributed by atoms with E-state index in [0.717, 1.165) is 56.0 Å². The van der Waals surface area contributed by atoms with Gasteiger partial charge >= 0.3 is 43.9 Å². The van der Waals surface area contributed by atoms with Crippen molar-refractivity contribution >= 4 is 75.0 Å².